The first-order valence-electron chi connectivity index (χ1n) is 8.52. The van der Waals surface area contributed by atoms with Gasteiger partial charge in [-0.05, 0) is 49.2 Å². The Bertz CT molecular complexity index is 616. The minimum absolute atomic E-state index is 0.0100. The summed E-state index contributed by atoms with van der Waals surface area (Å²) in [5.41, 5.74) is -0.600. The van der Waals surface area contributed by atoms with Crippen LogP contribution in [0.25, 0.3) is 0 Å². The van der Waals surface area contributed by atoms with Crippen LogP contribution in [0.2, 0.25) is 0 Å². The van der Waals surface area contributed by atoms with Crippen molar-refractivity contribution < 1.29 is 14.7 Å². The molecule has 0 aromatic rings. The van der Waals surface area contributed by atoms with E-state index in [9.17, 15) is 14.7 Å². The molecule has 3 nitrogen and oxygen atoms in total. The molecule has 0 amide bonds. The molecular weight excluding hydrogens is 276 g/mol. The van der Waals surface area contributed by atoms with E-state index in [1.165, 1.54) is 0 Å². The molecule has 0 heterocycles. The second kappa shape index (κ2) is 4.33. The predicted molar refractivity (Wildman–Crippen MR) is 83.1 cm³/mol. The van der Waals surface area contributed by atoms with Gasteiger partial charge in [0.2, 0.25) is 0 Å². The highest BCUT2D eigenvalue weighted by Crippen LogP contribution is 2.62. The Morgan fingerprint density at radius 2 is 1.95 bits per heavy atom. The van der Waals surface area contributed by atoms with Crippen molar-refractivity contribution in [1.29, 1.82) is 0 Å². The van der Waals surface area contributed by atoms with Gasteiger partial charge in [0.1, 0.15) is 17.3 Å². The lowest BCUT2D eigenvalue weighted by atomic mass is 9.47. The zero-order chi connectivity index (χ0) is 15.7. The molecular formula is C19H24O3. The number of carbonyl (C=O) groups is 2. The van der Waals surface area contributed by atoms with Crippen molar-refractivity contribution in [3.63, 3.8) is 0 Å². The third-order valence-electron chi connectivity index (χ3n) is 7.24. The van der Waals surface area contributed by atoms with Crippen LogP contribution in [0.4, 0.5) is 0 Å². The van der Waals surface area contributed by atoms with Crippen LogP contribution in [0.3, 0.4) is 0 Å². The Balaban J connectivity index is 1.76. The standard InChI is InChI=1S/C19H24O3/c1-18-8-7-12(20)9-11(18)3-4-13-14-5-6-16(22)19(14,2)10-15(21)17(13)18/h7-9,11,13-14,17,20H,3-6,10H2,1-2H3/t11-,13+,14-,17-,18+,19-/m0/s1. The van der Waals surface area contributed by atoms with E-state index in [2.05, 4.69) is 13.0 Å². The minimum Gasteiger partial charge on any atom is -0.508 e. The van der Waals surface area contributed by atoms with Crippen molar-refractivity contribution in [1.82, 2.24) is 0 Å². The second-order valence-corrected chi connectivity index (χ2v) is 8.25. The fourth-order valence-corrected chi connectivity index (χ4v) is 6.06. The van der Waals surface area contributed by atoms with Crippen LogP contribution >= 0.6 is 0 Å². The fraction of sp³-hybridized carbons (Fsp3) is 0.684. The first kappa shape index (κ1) is 14.2. The molecule has 0 aromatic heterocycles. The lowest BCUT2D eigenvalue weighted by molar-refractivity contribution is -0.151. The van der Waals surface area contributed by atoms with Gasteiger partial charge in [-0.3, -0.25) is 9.59 Å². The molecule has 0 saturated heterocycles. The van der Waals surface area contributed by atoms with Gasteiger partial charge in [-0.15, -0.1) is 0 Å². The number of aliphatic hydroxyl groups excluding tert-OH is 1. The number of Topliss-reactive ketones (excluding diaryl/α,β-unsaturated/α-hetero) is 2. The van der Waals surface area contributed by atoms with Crippen LogP contribution < -0.4 is 0 Å². The van der Waals surface area contributed by atoms with E-state index in [0.717, 1.165) is 19.3 Å². The maximum atomic E-state index is 13.0. The molecule has 0 bridgehead atoms. The number of rotatable bonds is 0. The number of hydrogen-bond donors (Lipinski definition) is 1. The van der Waals surface area contributed by atoms with Crippen LogP contribution in [0, 0.1) is 34.5 Å². The highest BCUT2D eigenvalue weighted by Gasteiger charge is 2.62. The number of carbonyl (C=O) groups excluding carboxylic acids is 2. The van der Waals surface area contributed by atoms with E-state index in [4.69, 9.17) is 0 Å². The SMILES string of the molecule is C[C@@]12C=CC(O)=C[C@@H]1CC[C@H]1[C@H]2C(=O)C[C@]2(C)C(=O)CC[C@@H]12. The summed E-state index contributed by atoms with van der Waals surface area (Å²) in [5.74, 6) is 1.84. The molecule has 3 fully saturated rings. The van der Waals surface area contributed by atoms with Gasteiger partial charge in [-0.25, -0.2) is 0 Å². The average Bonchev–Trinajstić information content (AvgIpc) is 2.75. The number of hydrogen-bond acceptors (Lipinski definition) is 3. The van der Waals surface area contributed by atoms with Gasteiger partial charge in [0.05, 0.1) is 0 Å². The Morgan fingerprint density at radius 3 is 2.73 bits per heavy atom. The quantitative estimate of drug-likeness (QED) is 0.743. The highest BCUT2D eigenvalue weighted by molar-refractivity contribution is 5.95. The summed E-state index contributed by atoms with van der Waals surface area (Å²) in [5, 5.41) is 9.80. The van der Waals surface area contributed by atoms with E-state index in [1.807, 2.05) is 13.0 Å². The van der Waals surface area contributed by atoms with Gasteiger partial charge in [-0.1, -0.05) is 19.9 Å². The van der Waals surface area contributed by atoms with E-state index in [0.29, 0.717) is 36.2 Å². The van der Waals surface area contributed by atoms with E-state index >= 15 is 0 Å². The monoisotopic (exact) mass is 300 g/mol. The average molecular weight is 300 g/mol. The van der Waals surface area contributed by atoms with Crippen molar-refractivity contribution in [2.75, 3.05) is 0 Å². The summed E-state index contributed by atoms with van der Waals surface area (Å²) >= 11 is 0. The van der Waals surface area contributed by atoms with E-state index in [-0.39, 0.29) is 23.0 Å². The largest absolute Gasteiger partial charge is 0.508 e. The lowest BCUT2D eigenvalue weighted by Gasteiger charge is -2.56. The van der Waals surface area contributed by atoms with E-state index in [1.54, 1.807) is 6.08 Å². The molecule has 0 aliphatic heterocycles. The van der Waals surface area contributed by atoms with Crippen molar-refractivity contribution in [3.8, 4) is 0 Å². The maximum Gasteiger partial charge on any atom is 0.139 e. The van der Waals surface area contributed by atoms with Gasteiger partial charge < -0.3 is 5.11 Å². The Labute approximate surface area is 131 Å². The molecule has 22 heavy (non-hydrogen) atoms. The molecule has 1 N–H and O–H groups in total. The molecule has 0 radical (unpaired) electrons. The Hall–Kier alpha value is -1.38. The Kier molecular flexibility index (Phi) is 2.80. The lowest BCUT2D eigenvalue weighted by Crippen LogP contribution is -2.55. The van der Waals surface area contributed by atoms with Crippen LogP contribution in [-0.4, -0.2) is 16.7 Å². The molecule has 3 heteroatoms. The van der Waals surface area contributed by atoms with Crippen molar-refractivity contribution in [2.24, 2.45) is 34.5 Å². The zero-order valence-electron chi connectivity index (χ0n) is 13.3. The number of fused-ring (bicyclic) bond motifs is 5. The summed E-state index contributed by atoms with van der Waals surface area (Å²) in [6, 6.07) is 0. The molecule has 0 unspecified atom stereocenters. The van der Waals surface area contributed by atoms with Gasteiger partial charge in [0, 0.05) is 29.6 Å². The second-order valence-electron chi connectivity index (χ2n) is 8.25. The van der Waals surface area contributed by atoms with Gasteiger partial charge in [-0.2, -0.15) is 0 Å². The molecule has 4 aliphatic rings. The summed E-state index contributed by atoms with van der Waals surface area (Å²) in [6.45, 7) is 4.20. The van der Waals surface area contributed by atoms with Crippen LogP contribution in [0.5, 0.6) is 0 Å². The molecule has 6 atom stereocenters. The third kappa shape index (κ3) is 1.63. The molecule has 3 saturated carbocycles. The van der Waals surface area contributed by atoms with Crippen molar-refractivity contribution >= 4 is 11.6 Å². The smallest absolute Gasteiger partial charge is 0.139 e. The van der Waals surface area contributed by atoms with Gasteiger partial charge >= 0.3 is 0 Å². The summed E-state index contributed by atoms with van der Waals surface area (Å²) in [6.07, 6.45) is 9.76. The molecule has 0 aromatic carbocycles. The molecule has 0 spiro atoms. The first-order valence-corrected chi connectivity index (χ1v) is 8.52. The Morgan fingerprint density at radius 1 is 1.18 bits per heavy atom. The first-order chi connectivity index (χ1) is 10.4. The van der Waals surface area contributed by atoms with Gasteiger partial charge in [0.25, 0.3) is 0 Å². The zero-order valence-corrected chi connectivity index (χ0v) is 13.3. The van der Waals surface area contributed by atoms with Crippen LogP contribution in [-0.2, 0) is 9.59 Å². The van der Waals surface area contributed by atoms with E-state index < -0.39 is 5.41 Å². The number of aliphatic hydroxyl groups is 1. The highest BCUT2D eigenvalue weighted by atomic mass is 16.3. The maximum absolute atomic E-state index is 13.0. The normalized spacial score (nSPS) is 50.2. The van der Waals surface area contributed by atoms with Gasteiger partial charge in [0.15, 0.2) is 0 Å². The van der Waals surface area contributed by atoms with Crippen molar-refractivity contribution in [3.05, 3.63) is 24.0 Å². The number of ketones is 2. The topological polar surface area (TPSA) is 54.4 Å². The molecule has 4 aliphatic carbocycles. The predicted octanol–water partition coefficient (Wildman–Crippen LogP) is 3.61. The fourth-order valence-electron chi connectivity index (χ4n) is 6.06. The molecule has 4 rings (SSSR count). The van der Waals surface area contributed by atoms with Crippen molar-refractivity contribution in [2.45, 2.75) is 46.0 Å². The summed E-state index contributed by atoms with van der Waals surface area (Å²) in [4.78, 5) is 25.3. The summed E-state index contributed by atoms with van der Waals surface area (Å²) in [7, 11) is 0. The minimum atomic E-state index is -0.405. The summed E-state index contributed by atoms with van der Waals surface area (Å²) < 4.78 is 0. The van der Waals surface area contributed by atoms with Crippen LogP contribution in [0.1, 0.15) is 46.0 Å². The number of allylic oxidation sites excluding steroid dienone is 3. The third-order valence-corrected chi connectivity index (χ3v) is 7.24. The van der Waals surface area contributed by atoms with Crippen LogP contribution in [0.15, 0.2) is 24.0 Å². The molecule has 118 valence electrons.